The maximum Gasteiger partial charge on any atom is 0.416 e. The average molecular weight is 324 g/mol. The summed E-state index contributed by atoms with van der Waals surface area (Å²) in [5, 5.41) is 0. The molecule has 3 aromatic rings. The van der Waals surface area contributed by atoms with Crippen LogP contribution in [0.25, 0.3) is 11.0 Å². The van der Waals surface area contributed by atoms with Crippen LogP contribution >= 0.6 is 0 Å². The smallest absolute Gasteiger partial charge is 0.336 e. The van der Waals surface area contributed by atoms with Gasteiger partial charge in [-0.25, -0.2) is 4.98 Å². The van der Waals surface area contributed by atoms with Gasteiger partial charge in [0.15, 0.2) is 0 Å². The quantitative estimate of drug-likeness (QED) is 0.744. The number of aromatic amines is 1. The molecule has 0 aliphatic heterocycles. The van der Waals surface area contributed by atoms with Gasteiger partial charge in [-0.1, -0.05) is 0 Å². The van der Waals surface area contributed by atoms with E-state index < -0.39 is 22.9 Å². The molecule has 23 heavy (non-hydrogen) atoms. The maximum atomic E-state index is 12.8. The van der Waals surface area contributed by atoms with Crippen molar-refractivity contribution in [1.29, 1.82) is 0 Å². The minimum atomic E-state index is -4.52. The molecule has 0 unspecified atom stereocenters. The fraction of sp³-hybridized carbons (Fsp3) is 0.214. The number of halogens is 3. The van der Waals surface area contributed by atoms with E-state index in [1.165, 1.54) is 6.07 Å². The van der Waals surface area contributed by atoms with Crippen molar-refractivity contribution < 1.29 is 13.2 Å². The molecule has 0 spiro atoms. The Hall–Kier alpha value is -2.84. The van der Waals surface area contributed by atoms with E-state index in [1.54, 1.807) is 23.3 Å². The Balaban J connectivity index is 2.10. The number of H-pyrrole nitrogens is 1. The third-order valence-electron chi connectivity index (χ3n) is 3.44. The number of imidazole rings is 1. The molecule has 3 rings (SSSR count). The SMILES string of the molecule is O=c1[nH]c2cc(C(F)(F)F)ccc2n(CCn2ccnc2)c1=O. The van der Waals surface area contributed by atoms with Crippen LogP contribution < -0.4 is 11.1 Å². The highest BCUT2D eigenvalue weighted by Crippen LogP contribution is 2.30. The second-order valence-electron chi connectivity index (χ2n) is 4.94. The lowest BCUT2D eigenvalue weighted by Crippen LogP contribution is -2.37. The Morgan fingerprint density at radius 3 is 2.61 bits per heavy atom. The number of alkyl halides is 3. The first kappa shape index (κ1) is 15.1. The fourth-order valence-electron chi connectivity index (χ4n) is 2.31. The number of aryl methyl sites for hydroxylation is 2. The Kier molecular flexibility index (Phi) is 3.55. The summed E-state index contributed by atoms with van der Waals surface area (Å²) in [5.41, 5.74) is -2.45. The van der Waals surface area contributed by atoms with Crippen LogP contribution in [0.3, 0.4) is 0 Å². The summed E-state index contributed by atoms with van der Waals surface area (Å²) in [7, 11) is 0. The molecule has 1 aromatic carbocycles. The summed E-state index contributed by atoms with van der Waals surface area (Å²) in [5.74, 6) is 0. The van der Waals surface area contributed by atoms with Gasteiger partial charge in [0.1, 0.15) is 0 Å². The lowest BCUT2D eigenvalue weighted by molar-refractivity contribution is -0.137. The Morgan fingerprint density at radius 2 is 1.96 bits per heavy atom. The van der Waals surface area contributed by atoms with Gasteiger partial charge in [0, 0.05) is 25.5 Å². The topological polar surface area (TPSA) is 72.7 Å². The maximum absolute atomic E-state index is 12.8. The molecule has 0 radical (unpaired) electrons. The minimum Gasteiger partial charge on any atom is -0.336 e. The summed E-state index contributed by atoms with van der Waals surface area (Å²) in [6.45, 7) is 0.500. The largest absolute Gasteiger partial charge is 0.416 e. The van der Waals surface area contributed by atoms with E-state index in [-0.39, 0.29) is 17.6 Å². The molecule has 0 bridgehead atoms. The van der Waals surface area contributed by atoms with Crippen molar-refractivity contribution in [3.8, 4) is 0 Å². The monoisotopic (exact) mass is 324 g/mol. The molecule has 0 saturated heterocycles. The molecule has 9 heteroatoms. The number of nitrogens with zero attached hydrogens (tertiary/aromatic N) is 3. The molecule has 2 heterocycles. The molecule has 2 aromatic heterocycles. The number of rotatable bonds is 3. The van der Waals surface area contributed by atoms with Crippen molar-refractivity contribution in [2.24, 2.45) is 0 Å². The summed E-state index contributed by atoms with van der Waals surface area (Å²) >= 11 is 0. The zero-order chi connectivity index (χ0) is 16.6. The van der Waals surface area contributed by atoms with Gasteiger partial charge in [-0.3, -0.25) is 9.59 Å². The number of aromatic nitrogens is 4. The first-order valence-electron chi connectivity index (χ1n) is 6.66. The third-order valence-corrected chi connectivity index (χ3v) is 3.44. The van der Waals surface area contributed by atoms with Gasteiger partial charge in [-0.2, -0.15) is 13.2 Å². The summed E-state index contributed by atoms with van der Waals surface area (Å²) in [6, 6.07) is 2.89. The van der Waals surface area contributed by atoms with Crippen molar-refractivity contribution >= 4 is 11.0 Å². The van der Waals surface area contributed by atoms with Crippen LogP contribution in [-0.4, -0.2) is 19.1 Å². The Bertz CT molecular complexity index is 955. The van der Waals surface area contributed by atoms with Crippen LogP contribution in [-0.2, 0) is 19.3 Å². The number of hydrogen-bond acceptors (Lipinski definition) is 3. The first-order valence-corrected chi connectivity index (χ1v) is 6.66. The van der Waals surface area contributed by atoms with Gasteiger partial charge in [0.2, 0.25) is 0 Å². The molecule has 6 nitrogen and oxygen atoms in total. The van der Waals surface area contributed by atoms with E-state index in [1.807, 2.05) is 0 Å². The molecule has 0 atom stereocenters. The first-order chi connectivity index (χ1) is 10.9. The molecule has 0 amide bonds. The zero-order valence-corrected chi connectivity index (χ0v) is 11.7. The molecule has 0 saturated carbocycles. The minimum absolute atomic E-state index is 0.0324. The van der Waals surface area contributed by atoms with Gasteiger partial charge in [-0.05, 0) is 18.2 Å². The van der Waals surface area contributed by atoms with Crippen LogP contribution in [0.15, 0.2) is 46.5 Å². The van der Waals surface area contributed by atoms with Crippen molar-refractivity contribution in [3.05, 3.63) is 63.2 Å². The number of nitrogens with one attached hydrogen (secondary N) is 1. The van der Waals surface area contributed by atoms with E-state index in [0.717, 1.165) is 16.7 Å². The van der Waals surface area contributed by atoms with Crippen LogP contribution in [0.2, 0.25) is 0 Å². The van der Waals surface area contributed by atoms with E-state index in [9.17, 15) is 22.8 Å². The van der Waals surface area contributed by atoms with E-state index in [0.29, 0.717) is 6.54 Å². The average Bonchev–Trinajstić information content (AvgIpc) is 2.99. The second-order valence-corrected chi connectivity index (χ2v) is 4.94. The predicted molar refractivity (Wildman–Crippen MR) is 76.1 cm³/mol. The summed E-state index contributed by atoms with van der Waals surface area (Å²) < 4.78 is 41.1. The third kappa shape index (κ3) is 2.89. The number of benzene rings is 1. The van der Waals surface area contributed by atoms with Gasteiger partial charge in [-0.15, -0.1) is 0 Å². The lowest BCUT2D eigenvalue weighted by Gasteiger charge is -2.12. The molecular weight excluding hydrogens is 313 g/mol. The molecule has 1 N–H and O–H groups in total. The van der Waals surface area contributed by atoms with Gasteiger partial charge < -0.3 is 14.1 Å². The van der Waals surface area contributed by atoms with Gasteiger partial charge in [0.25, 0.3) is 0 Å². The Morgan fingerprint density at radius 1 is 1.17 bits per heavy atom. The summed E-state index contributed by atoms with van der Waals surface area (Å²) in [6.07, 6.45) is 0.265. The van der Waals surface area contributed by atoms with Crippen molar-refractivity contribution in [1.82, 2.24) is 19.1 Å². The highest BCUT2D eigenvalue weighted by Gasteiger charge is 2.30. The summed E-state index contributed by atoms with van der Waals surface area (Å²) in [4.78, 5) is 29.7. The normalized spacial score (nSPS) is 12.0. The van der Waals surface area contributed by atoms with E-state index in [2.05, 4.69) is 9.97 Å². The van der Waals surface area contributed by atoms with Crippen LogP contribution in [0.5, 0.6) is 0 Å². The van der Waals surface area contributed by atoms with Crippen molar-refractivity contribution in [2.45, 2.75) is 19.3 Å². The van der Waals surface area contributed by atoms with Crippen LogP contribution in [0.1, 0.15) is 5.56 Å². The predicted octanol–water partition coefficient (Wildman–Crippen LogP) is 1.61. The van der Waals surface area contributed by atoms with Crippen molar-refractivity contribution in [2.75, 3.05) is 0 Å². The standard InChI is InChI=1S/C14H11F3N4O2/c15-14(16,17)9-1-2-11-10(7-9)19-12(22)13(23)21(11)6-5-20-4-3-18-8-20/h1-4,7-8H,5-6H2,(H,19,22). The Labute approximate surface area is 126 Å². The van der Waals surface area contributed by atoms with Crippen LogP contribution in [0, 0.1) is 0 Å². The van der Waals surface area contributed by atoms with Gasteiger partial charge in [0.05, 0.1) is 22.9 Å². The number of hydrogen-bond donors (Lipinski definition) is 1. The zero-order valence-electron chi connectivity index (χ0n) is 11.7. The van der Waals surface area contributed by atoms with Crippen molar-refractivity contribution in [3.63, 3.8) is 0 Å². The highest BCUT2D eigenvalue weighted by atomic mass is 19.4. The highest BCUT2D eigenvalue weighted by molar-refractivity contribution is 5.75. The molecule has 120 valence electrons. The molecule has 0 aliphatic rings. The number of fused-ring (bicyclic) bond motifs is 1. The lowest BCUT2D eigenvalue weighted by atomic mass is 10.2. The molecule has 0 aliphatic carbocycles. The molecular formula is C14H11F3N4O2. The second kappa shape index (κ2) is 5.41. The fourth-order valence-corrected chi connectivity index (χ4v) is 2.31. The molecule has 0 fully saturated rings. The van der Waals surface area contributed by atoms with E-state index >= 15 is 0 Å². The van der Waals surface area contributed by atoms with Gasteiger partial charge >= 0.3 is 17.3 Å². The van der Waals surface area contributed by atoms with E-state index in [4.69, 9.17) is 0 Å². The van der Waals surface area contributed by atoms with Crippen LogP contribution in [0.4, 0.5) is 13.2 Å².